The zero-order valence-corrected chi connectivity index (χ0v) is 9.82. The van der Waals surface area contributed by atoms with E-state index in [0.717, 1.165) is 4.90 Å². The first kappa shape index (κ1) is 12.8. The number of carboxylic acid groups (broad SMARTS) is 1. The summed E-state index contributed by atoms with van der Waals surface area (Å²) < 4.78 is 5.45. The third kappa shape index (κ3) is 3.37. The van der Waals surface area contributed by atoms with E-state index in [4.69, 9.17) is 9.84 Å². The summed E-state index contributed by atoms with van der Waals surface area (Å²) in [6, 6.07) is -0.745. The lowest BCUT2D eigenvalue weighted by molar-refractivity contribution is -0.133. The van der Waals surface area contributed by atoms with E-state index in [1.54, 1.807) is 0 Å². The molecule has 92 valence electrons. The number of ether oxygens (including phenoxy) is 1. The molecule has 1 aliphatic heterocycles. The first-order valence-electron chi connectivity index (χ1n) is 5.22. The maximum Gasteiger partial charge on any atom is 0.408 e. The third-order valence-corrected chi connectivity index (χ3v) is 2.25. The Morgan fingerprint density at radius 3 is 2.75 bits per heavy atom. The summed E-state index contributed by atoms with van der Waals surface area (Å²) in [6.07, 6.45) is -1.09. The number of hydrogen-bond donors (Lipinski definition) is 2. The Labute approximate surface area is 94.6 Å². The van der Waals surface area contributed by atoms with Crippen LogP contribution in [-0.2, 0) is 9.53 Å². The molecular weight excluding hydrogens is 212 g/mol. The standard InChI is InChI=1S/C10H18N2O4/c1-10(2,3)16-6-7-8(13)11-4-5-12(7)9(14)15/h7H,4-6H2,1-3H3,(H,11,13)(H,14,15). The number of nitrogens with zero attached hydrogens (tertiary/aromatic N) is 1. The van der Waals surface area contributed by atoms with Crippen LogP contribution in [0.4, 0.5) is 4.79 Å². The van der Waals surface area contributed by atoms with Gasteiger partial charge in [-0.1, -0.05) is 0 Å². The normalized spacial score (nSPS) is 21.8. The molecule has 1 saturated heterocycles. The van der Waals surface area contributed by atoms with Crippen molar-refractivity contribution in [2.45, 2.75) is 32.4 Å². The van der Waals surface area contributed by atoms with E-state index in [2.05, 4.69) is 5.32 Å². The van der Waals surface area contributed by atoms with E-state index in [1.807, 2.05) is 20.8 Å². The summed E-state index contributed by atoms with van der Waals surface area (Å²) in [5.74, 6) is -0.294. The molecule has 1 aliphatic rings. The van der Waals surface area contributed by atoms with E-state index in [9.17, 15) is 9.59 Å². The van der Waals surface area contributed by atoms with Crippen LogP contribution in [0.1, 0.15) is 20.8 Å². The van der Waals surface area contributed by atoms with Crippen LogP contribution in [-0.4, -0.2) is 53.3 Å². The lowest BCUT2D eigenvalue weighted by Gasteiger charge is -2.34. The average Bonchev–Trinajstić information content (AvgIpc) is 2.13. The van der Waals surface area contributed by atoms with Gasteiger partial charge in [0.25, 0.3) is 0 Å². The van der Waals surface area contributed by atoms with Crippen molar-refractivity contribution in [3.63, 3.8) is 0 Å². The smallest absolute Gasteiger partial charge is 0.408 e. The molecule has 0 radical (unpaired) electrons. The van der Waals surface area contributed by atoms with Gasteiger partial charge in [0, 0.05) is 13.1 Å². The molecule has 2 amide bonds. The molecule has 1 heterocycles. The molecule has 1 fully saturated rings. The predicted molar refractivity (Wildman–Crippen MR) is 57.2 cm³/mol. The largest absolute Gasteiger partial charge is 0.465 e. The Morgan fingerprint density at radius 2 is 2.25 bits per heavy atom. The summed E-state index contributed by atoms with van der Waals surface area (Å²) in [4.78, 5) is 23.6. The van der Waals surface area contributed by atoms with Crippen molar-refractivity contribution < 1.29 is 19.4 Å². The Morgan fingerprint density at radius 1 is 1.62 bits per heavy atom. The quantitative estimate of drug-likeness (QED) is 0.714. The second-order valence-electron chi connectivity index (χ2n) is 4.71. The fraction of sp³-hybridized carbons (Fsp3) is 0.800. The summed E-state index contributed by atoms with van der Waals surface area (Å²) in [5, 5.41) is 11.6. The molecule has 0 spiro atoms. The van der Waals surface area contributed by atoms with Gasteiger partial charge in [0.1, 0.15) is 6.04 Å². The Bertz CT molecular complexity index is 285. The number of carbonyl (C=O) groups excluding carboxylic acids is 1. The van der Waals surface area contributed by atoms with Crippen molar-refractivity contribution in [1.82, 2.24) is 10.2 Å². The summed E-state index contributed by atoms with van der Waals surface area (Å²) in [5.41, 5.74) is -0.387. The van der Waals surface area contributed by atoms with Crippen LogP contribution < -0.4 is 5.32 Å². The van der Waals surface area contributed by atoms with Gasteiger partial charge < -0.3 is 15.2 Å². The highest BCUT2D eigenvalue weighted by molar-refractivity contribution is 5.86. The lowest BCUT2D eigenvalue weighted by Crippen LogP contribution is -2.59. The van der Waals surface area contributed by atoms with Crippen LogP contribution in [0.3, 0.4) is 0 Å². The van der Waals surface area contributed by atoms with Gasteiger partial charge in [-0.25, -0.2) is 4.79 Å². The number of carbonyl (C=O) groups is 2. The van der Waals surface area contributed by atoms with Crippen molar-refractivity contribution in [3.8, 4) is 0 Å². The fourth-order valence-electron chi connectivity index (χ4n) is 1.44. The van der Waals surface area contributed by atoms with Crippen LogP contribution in [0, 0.1) is 0 Å². The molecule has 0 aromatic heterocycles. The highest BCUT2D eigenvalue weighted by atomic mass is 16.5. The summed E-state index contributed by atoms with van der Waals surface area (Å²) >= 11 is 0. The monoisotopic (exact) mass is 230 g/mol. The van der Waals surface area contributed by atoms with Gasteiger partial charge in [0.15, 0.2) is 0 Å². The topological polar surface area (TPSA) is 78.9 Å². The zero-order valence-electron chi connectivity index (χ0n) is 9.82. The minimum Gasteiger partial charge on any atom is -0.465 e. The van der Waals surface area contributed by atoms with Gasteiger partial charge >= 0.3 is 6.09 Å². The van der Waals surface area contributed by atoms with Crippen LogP contribution in [0.5, 0.6) is 0 Å². The first-order valence-corrected chi connectivity index (χ1v) is 5.22. The van der Waals surface area contributed by atoms with E-state index in [-0.39, 0.29) is 18.1 Å². The van der Waals surface area contributed by atoms with E-state index in [0.29, 0.717) is 13.1 Å². The minimum atomic E-state index is -1.09. The molecule has 1 rings (SSSR count). The molecule has 6 nitrogen and oxygen atoms in total. The highest BCUT2D eigenvalue weighted by Gasteiger charge is 2.34. The van der Waals surface area contributed by atoms with Crippen LogP contribution in [0.2, 0.25) is 0 Å². The van der Waals surface area contributed by atoms with E-state index in [1.165, 1.54) is 0 Å². The number of rotatable bonds is 2. The molecule has 2 N–H and O–H groups in total. The molecule has 1 atom stereocenters. The van der Waals surface area contributed by atoms with Gasteiger partial charge in [-0.2, -0.15) is 0 Å². The summed E-state index contributed by atoms with van der Waals surface area (Å²) in [6.45, 7) is 6.33. The summed E-state index contributed by atoms with van der Waals surface area (Å²) in [7, 11) is 0. The molecule has 0 bridgehead atoms. The first-order chi connectivity index (χ1) is 7.31. The van der Waals surface area contributed by atoms with Gasteiger partial charge in [0.05, 0.1) is 12.2 Å². The van der Waals surface area contributed by atoms with Gasteiger partial charge in [-0.05, 0) is 20.8 Å². The van der Waals surface area contributed by atoms with E-state index < -0.39 is 12.1 Å². The minimum absolute atomic E-state index is 0.0850. The fourth-order valence-corrected chi connectivity index (χ4v) is 1.44. The average molecular weight is 230 g/mol. The molecule has 0 aromatic carbocycles. The zero-order chi connectivity index (χ0) is 12.3. The van der Waals surface area contributed by atoms with Crippen molar-refractivity contribution in [1.29, 1.82) is 0 Å². The molecule has 0 saturated carbocycles. The second kappa shape index (κ2) is 4.69. The number of amides is 2. The van der Waals surface area contributed by atoms with Crippen LogP contribution >= 0.6 is 0 Å². The highest BCUT2D eigenvalue weighted by Crippen LogP contribution is 2.12. The van der Waals surface area contributed by atoms with Crippen LogP contribution in [0.15, 0.2) is 0 Å². The van der Waals surface area contributed by atoms with Crippen molar-refractivity contribution >= 4 is 12.0 Å². The lowest BCUT2D eigenvalue weighted by atomic mass is 10.1. The molecule has 0 aliphatic carbocycles. The van der Waals surface area contributed by atoms with E-state index >= 15 is 0 Å². The third-order valence-electron chi connectivity index (χ3n) is 2.25. The Balaban J connectivity index is 2.64. The molecule has 16 heavy (non-hydrogen) atoms. The number of piperazine rings is 1. The molecule has 6 heteroatoms. The second-order valence-corrected chi connectivity index (χ2v) is 4.71. The van der Waals surface area contributed by atoms with Crippen molar-refractivity contribution in [2.75, 3.05) is 19.7 Å². The molecule has 0 aromatic rings. The van der Waals surface area contributed by atoms with Gasteiger partial charge in [-0.15, -0.1) is 0 Å². The van der Waals surface area contributed by atoms with Crippen molar-refractivity contribution in [3.05, 3.63) is 0 Å². The Kier molecular flexibility index (Phi) is 3.74. The van der Waals surface area contributed by atoms with Crippen molar-refractivity contribution in [2.24, 2.45) is 0 Å². The SMILES string of the molecule is CC(C)(C)OCC1C(=O)NCCN1C(=O)O. The number of hydrogen-bond acceptors (Lipinski definition) is 3. The van der Waals surface area contributed by atoms with Gasteiger partial charge in [-0.3, -0.25) is 9.69 Å². The Hall–Kier alpha value is -1.30. The number of nitrogens with one attached hydrogen (secondary N) is 1. The molecular formula is C10H18N2O4. The maximum absolute atomic E-state index is 11.5. The molecule has 1 unspecified atom stereocenters. The van der Waals surface area contributed by atoms with Gasteiger partial charge in [0.2, 0.25) is 5.91 Å². The maximum atomic E-state index is 11.5. The predicted octanol–water partition coefficient (Wildman–Crippen LogP) is 0.280. The van der Waals surface area contributed by atoms with Crippen LogP contribution in [0.25, 0.3) is 0 Å².